The lowest BCUT2D eigenvalue weighted by Gasteiger charge is -2.33. The highest BCUT2D eigenvalue weighted by molar-refractivity contribution is 7.87. The van der Waals surface area contributed by atoms with Gasteiger partial charge in [0.2, 0.25) is 0 Å². The quantitative estimate of drug-likeness (QED) is 0.220. The van der Waals surface area contributed by atoms with Crippen molar-refractivity contribution in [2.45, 2.75) is 23.8 Å². The number of nitrogens with zero attached hydrogens (tertiary/aromatic N) is 4. The molecule has 43 heavy (non-hydrogen) atoms. The number of imidazole rings is 1. The van der Waals surface area contributed by atoms with Gasteiger partial charge in [-0.25, -0.2) is 4.98 Å². The van der Waals surface area contributed by atoms with Gasteiger partial charge in [0.05, 0.1) is 32.4 Å². The van der Waals surface area contributed by atoms with Gasteiger partial charge >= 0.3 is 10.1 Å². The van der Waals surface area contributed by atoms with Crippen LogP contribution in [0.1, 0.15) is 29.2 Å². The number of likely N-dealkylation sites (tertiary alicyclic amines) is 1. The number of methoxy groups -OCH3 is 2. The van der Waals surface area contributed by atoms with Crippen LogP contribution in [0, 0.1) is 0 Å². The van der Waals surface area contributed by atoms with Gasteiger partial charge < -0.3 is 23.1 Å². The van der Waals surface area contributed by atoms with Crippen LogP contribution in [-0.4, -0.2) is 61.1 Å². The molecule has 220 valence electrons. The average Bonchev–Trinajstić information content (AvgIpc) is 3.54. The fraction of sp³-hybridized carbons (Fsp3) is 0.219. The molecule has 1 fully saturated rings. The highest BCUT2D eigenvalue weighted by atomic mass is 32.2. The number of amides is 1. The van der Waals surface area contributed by atoms with Crippen LogP contribution >= 0.6 is 0 Å². The molecule has 1 aliphatic heterocycles. The fourth-order valence-corrected chi connectivity index (χ4v) is 6.64. The molecule has 2 aromatic heterocycles. The summed E-state index contributed by atoms with van der Waals surface area (Å²) in [5, 5.41) is 1.27. The van der Waals surface area contributed by atoms with Crippen LogP contribution in [0.3, 0.4) is 0 Å². The van der Waals surface area contributed by atoms with E-state index < -0.39 is 10.1 Å². The first-order valence-corrected chi connectivity index (χ1v) is 15.2. The number of carbonyl (C=O) groups excluding carboxylic acids is 1. The van der Waals surface area contributed by atoms with E-state index in [4.69, 9.17) is 13.7 Å². The van der Waals surface area contributed by atoms with Crippen molar-refractivity contribution in [1.82, 2.24) is 19.4 Å². The van der Waals surface area contributed by atoms with E-state index in [9.17, 15) is 13.2 Å². The standard InChI is InChI=1S/C32H30N4O6S/c1-40-29-11-8-23(18-30(29)41-2)32(37)35-16-13-25(14-17-35)36-21-34-20-28(36)22-6-9-26(10-7-22)42-43(38,39)31-5-3-4-24-19-33-15-12-27(24)31/h3-12,15,18-21,25H,13-14,16-17H2,1-2H3. The molecular weight excluding hydrogens is 568 g/mol. The normalized spacial score (nSPS) is 14.0. The van der Waals surface area contributed by atoms with Gasteiger partial charge in [-0.1, -0.05) is 12.1 Å². The van der Waals surface area contributed by atoms with E-state index in [1.807, 2.05) is 17.0 Å². The van der Waals surface area contributed by atoms with Crippen molar-refractivity contribution in [2.24, 2.45) is 0 Å². The molecule has 0 aliphatic carbocycles. The summed E-state index contributed by atoms with van der Waals surface area (Å²) in [7, 11) is -0.952. The topological polar surface area (TPSA) is 113 Å². The first-order chi connectivity index (χ1) is 20.9. The van der Waals surface area contributed by atoms with Crippen LogP contribution in [0.15, 0.2) is 96.5 Å². The maximum Gasteiger partial charge on any atom is 0.339 e. The number of carbonyl (C=O) groups is 1. The Balaban J connectivity index is 1.13. The second-order valence-electron chi connectivity index (χ2n) is 10.2. The van der Waals surface area contributed by atoms with Gasteiger partial charge in [-0.3, -0.25) is 9.78 Å². The lowest BCUT2D eigenvalue weighted by Crippen LogP contribution is -2.39. The SMILES string of the molecule is COc1ccc(C(=O)N2CCC(n3cncc3-c3ccc(OS(=O)(=O)c4cccc5cnccc45)cc3)CC2)cc1OC. The molecule has 6 rings (SSSR count). The zero-order valence-corrected chi connectivity index (χ0v) is 24.5. The maximum absolute atomic E-state index is 13.2. The van der Waals surface area contributed by atoms with Crippen LogP contribution in [0.4, 0.5) is 0 Å². The average molecular weight is 599 g/mol. The summed E-state index contributed by atoms with van der Waals surface area (Å²) in [6, 6.07) is 18.9. The summed E-state index contributed by atoms with van der Waals surface area (Å²) in [6.45, 7) is 1.20. The Morgan fingerprint density at radius 2 is 1.65 bits per heavy atom. The minimum atomic E-state index is -4.06. The summed E-state index contributed by atoms with van der Waals surface area (Å²) in [6.07, 6.45) is 8.30. The number of benzene rings is 3. The molecule has 0 radical (unpaired) electrons. The Bertz CT molecular complexity index is 1870. The largest absolute Gasteiger partial charge is 0.493 e. The Morgan fingerprint density at radius 1 is 0.884 bits per heavy atom. The van der Waals surface area contributed by atoms with Crippen LogP contribution in [-0.2, 0) is 10.1 Å². The van der Waals surface area contributed by atoms with Crippen molar-refractivity contribution in [1.29, 1.82) is 0 Å². The number of rotatable bonds is 8. The molecule has 0 N–H and O–H groups in total. The number of piperidine rings is 1. The second kappa shape index (κ2) is 11.8. The molecule has 5 aromatic rings. The zero-order valence-electron chi connectivity index (χ0n) is 23.7. The van der Waals surface area contributed by atoms with E-state index in [0.29, 0.717) is 40.9 Å². The molecule has 1 amide bonds. The van der Waals surface area contributed by atoms with Gasteiger partial charge in [-0.15, -0.1) is 0 Å². The lowest BCUT2D eigenvalue weighted by atomic mass is 10.0. The molecule has 0 atom stereocenters. The van der Waals surface area contributed by atoms with Gasteiger partial charge in [0.15, 0.2) is 11.5 Å². The fourth-order valence-electron chi connectivity index (χ4n) is 5.48. The molecule has 3 heterocycles. The van der Waals surface area contributed by atoms with Crippen molar-refractivity contribution in [3.8, 4) is 28.5 Å². The first-order valence-electron chi connectivity index (χ1n) is 13.8. The summed E-state index contributed by atoms with van der Waals surface area (Å²) >= 11 is 0. The van der Waals surface area contributed by atoms with Crippen LogP contribution in [0.2, 0.25) is 0 Å². The van der Waals surface area contributed by atoms with Crippen LogP contribution < -0.4 is 13.7 Å². The molecule has 0 unspecified atom stereocenters. The number of hydrogen-bond acceptors (Lipinski definition) is 8. The Kier molecular flexibility index (Phi) is 7.73. The highest BCUT2D eigenvalue weighted by Crippen LogP contribution is 2.33. The third-order valence-electron chi connectivity index (χ3n) is 7.71. The summed E-state index contributed by atoms with van der Waals surface area (Å²) in [4.78, 5) is 23.6. The predicted molar refractivity (Wildman–Crippen MR) is 161 cm³/mol. The monoisotopic (exact) mass is 598 g/mol. The van der Waals surface area contributed by atoms with E-state index in [2.05, 4.69) is 14.5 Å². The van der Waals surface area contributed by atoms with E-state index in [1.165, 1.54) is 6.07 Å². The molecule has 10 nitrogen and oxygen atoms in total. The number of hydrogen-bond donors (Lipinski definition) is 0. The van der Waals surface area contributed by atoms with Crippen molar-refractivity contribution in [3.63, 3.8) is 0 Å². The van der Waals surface area contributed by atoms with E-state index >= 15 is 0 Å². The number of aromatic nitrogens is 3. The third kappa shape index (κ3) is 5.63. The molecule has 0 bridgehead atoms. The number of fused-ring (bicyclic) bond motifs is 1. The van der Waals surface area contributed by atoms with Crippen molar-refractivity contribution in [3.05, 3.63) is 97.2 Å². The van der Waals surface area contributed by atoms with Crippen LogP contribution in [0.5, 0.6) is 17.2 Å². The summed E-state index contributed by atoms with van der Waals surface area (Å²) in [5.41, 5.74) is 2.34. The van der Waals surface area contributed by atoms with Gasteiger partial charge in [0, 0.05) is 53.4 Å². The molecule has 3 aromatic carbocycles. The molecule has 0 saturated carbocycles. The van der Waals surface area contributed by atoms with Gasteiger partial charge in [0.25, 0.3) is 5.91 Å². The first kappa shape index (κ1) is 28.2. The van der Waals surface area contributed by atoms with Crippen molar-refractivity contribution in [2.75, 3.05) is 27.3 Å². The minimum Gasteiger partial charge on any atom is -0.493 e. The smallest absolute Gasteiger partial charge is 0.339 e. The second-order valence-corrected chi connectivity index (χ2v) is 11.7. The summed E-state index contributed by atoms with van der Waals surface area (Å²) in [5.74, 6) is 1.26. The van der Waals surface area contributed by atoms with Gasteiger partial charge in [0.1, 0.15) is 10.6 Å². The lowest BCUT2D eigenvalue weighted by molar-refractivity contribution is 0.0694. The van der Waals surface area contributed by atoms with Gasteiger partial charge in [-0.2, -0.15) is 8.42 Å². The Hall–Kier alpha value is -4.90. The van der Waals surface area contributed by atoms with E-state index in [1.54, 1.807) is 87.7 Å². The van der Waals surface area contributed by atoms with E-state index in [0.717, 1.165) is 24.1 Å². The Labute approximate surface area is 249 Å². The molecular formula is C32H30N4O6S. The minimum absolute atomic E-state index is 0.0454. The zero-order chi connectivity index (χ0) is 30.0. The molecule has 1 saturated heterocycles. The predicted octanol–water partition coefficient (Wildman–Crippen LogP) is 5.36. The van der Waals surface area contributed by atoms with Crippen molar-refractivity contribution >= 4 is 26.8 Å². The van der Waals surface area contributed by atoms with Gasteiger partial charge in [-0.05, 0) is 67.4 Å². The molecule has 11 heteroatoms. The molecule has 0 spiro atoms. The van der Waals surface area contributed by atoms with E-state index in [-0.39, 0.29) is 22.6 Å². The summed E-state index contributed by atoms with van der Waals surface area (Å²) < 4.78 is 44.5. The molecule has 1 aliphatic rings. The highest BCUT2D eigenvalue weighted by Gasteiger charge is 2.27. The third-order valence-corrected chi connectivity index (χ3v) is 9.01. The number of pyridine rings is 1. The Morgan fingerprint density at radius 3 is 2.40 bits per heavy atom. The maximum atomic E-state index is 13.2. The van der Waals surface area contributed by atoms with Crippen molar-refractivity contribution < 1.29 is 26.9 Å². The number of ether oxygens (including phenoxy) is 2. The van der Waals surface area contributed by atoms with Crippen LogP contribution in [0.25, 0.3) is 22.0 Å².